The number of rotatable bonds is 4. The number of hydrogen-bond acceptors (Lipinski definition) is 3. The Kier molecular flexibility index (Phi) is 6.89. The molecule has 0 radical (unpaired) electrons. The molecule has 1 rings (SSSR count). The highest BCUT2D eigenvalue weighted by Gasteiger charge is 2.28. The Hall–Kier alpha value is -0.580. The van der Waals surface area contributed by atoms with Crippen molar-refractivity contribution in [1.29, 1.82) is 0 Å². The number of thiophene rings is 1. The van der Waals surface area contributed by atoms with Gasteiger partial charge >= 0.3 is 0 Å². The molecular formula is C13H23ClN2OS. The van der Waals surface area contributed by atoms with Crippen LogP contribution < -0.4 is 11.1 Å². The molecule has 0 aromatic carbocycles. The molecule has 1 amide bonds. The molecule has 2 atom stereocenters. The van der Waals surface area contributed by atoms with Crippen LogP contribution in [0.25, 0.3) is 0 Å². The van der Waals surface area contributed by atoms with Crippen molar-refractivity contribution in [3.8, 4) is 0 Å². The normalized spacial score (nSPS) is 14.5. The van der Waals surface area contributed by atoms with Crippen LogP contribution in [0.4, 0.5) is 0 Å². The van der Waals surface area contributed by atoms with Crippen LogP contribution in [-0.2, 0) is 11.2 Å². The lowest BCUT2D eigenvalue weighted by atomic mass is 9.87. The number of amides is 1. The monoisotopic (exact) mass is 290 g/mol. The quantitative estimate of drug-likeness (QED) is 0.895. The van der Waals surface area contributed by atoms with E-state index >= 15 is 0 Å². The van der Waals surface area contributed by atoms with E-state index in [1.807, 2.05) is 39.1 Å². The van der Waals surface area contributed by atoms with E-state index in [0.717, 1.165) is 6.42 Å². The summed E-state index contributed by atoms with van der Waals surface area (Å²) in [5, 5.41) is 5.01. The molecule has 0 spiro atoms. The molecule has 0 saturated carbocycles. The molecule has 3 nitrogen and oxygen atoms in total. The second kappa shape index (κ2) is 7.12. The van der Waals surface area contributed by atoms with Crippen LogP contribution in [0.3, 0.4) is 0 Å². The first-order valence-corrected chi connectivity index (χ1v) is 6.77. The van der Waals surface area contributed by atoms with Crippen molar-refractivity contribution in [1.82, 2.24) is 5.32 Å². The predicted molar refractivity (Wildman–Crippen MR) is 80.3 cm³/mol. The Morgan fingerprint density at radius 2 is 2.11 bits per heavy atom. The van der Waals surface area contributed by atoms with E-state index in [1.54, 1.807) is 11.3 Å². The molecule has 0 aliphatic rings. The van der Waals surface area contributed by atoms with Gasteiger partial charge in [-0.25, -0.2) is 0 Å². The average Bonchev–Trinajstić information content (AvgIpc) is 2.67. The van der Waals surface area contributed by atoms with Crippen molar-refractivity contribution in [2.45, 2.75) is 46.2 Å². The number of carbonyl (C=O) groups excluding carboxylic acids is 1. The molecule has 0 aliphatic heterocycles. The van der Waals surface area contributed by atoms with Gasteiger partial charge in [-0.2, -0.15) is 0 Å². The van der Waals surface area contributed by atoms with Crippen LogP contribution in [0, 0.1) is 5.41 Å². The minimum atomic E-state index is -0.465. The van der Waals surface area contributed by atoms with Crippen molar-refractivity contribution in [3.63, 3.8) is 0 Å². The van der Waals surface area contributed by atoms with Gasteiger partial charge in [0.1, 0.15) is 0 Å². The number of carbonyl (C=O) groups is 1. The van der Waals surface area contributed by atoms with Crippen LogP contribution in [0.1, 0.15) is 32.6 Å². The van der Waals surface area contributed by atoms with Crippen molar-refractivity contribution in [2.75, 3.05) is 0 Å². The first-order chi connectivity index (χ1) is 7.80. The topological polar surface area (TPSA) is 55.1 Å². The number of nitrogens with two attached hydrogens (primary N) is 1. The molecule has 1 heterocycles. The van der Waals surface area contributed by atoms with Gasteiger partial charge in [0.05, 0.1) is 6.04 Å². The van der Waals surface area contributed by atoms with Crippen LogP contribution in [0.2, 0.25) is 0 Å². The maximum absolute atomic E-state index is 11.9. The fourth-order valence-corrected chi connectivity index (χ4v) is 2.34. The van der Waals surface area contributed by atoms with Gasteiger partial charge < -0.3 is 11.1 Å². The summed E-state index contributed by atoms with van der Waals surface area (Å²) in [6.45, 7) is 7.93. The van der Waals surface area contributed by atoms with Crippen LogP contribution >= 0.6 is 23.7 Å². The molecule has 5 heteroatoms. The third-order valence-corrected chi connectivity index (χ3v) is 3.59. The lowest BCUT2D eigenvalue weighted by Crippen LogP contribution is -2.51. The van der Waals surface area contributed by atoms with Crippen LogP contribution in [-0.4, -0.2) is 18.0 Å². The smallest absolute Gasteiger partial charge is 0.237 e. The number of hydrogen-bond donors (Lipinski definition) is 2. The van der Waals surface area contributed by atoms with Crippen LogP contribution in [0.15, 0.2) is 17.5 Å². The summed E-state index contributed by atoms with van der Waals surface area (Å²) in [5.74, 6) is -0.0680. The van der Waals surface area contributed by atoms with Gasteiger partial charge in [0.25, 0.3) is 0 Å². The zero-order valence-corrected chi connectivity index (χ0v) is 13.0. The summed E-state index contributed by atoms with van der Waals surface area (Å²) in [4.78, 5) is 13.2. The molecule has 0 fully saturated rings. The van der Waals surface area contributed by atoms with E-state index in [0.29, 0.717) is 0 Å². The maximum Gasteiger partial charge on any atom is 0.237 e. The Bertz CT molecular complexity index is 360. The standard InChI is InChI=1S/C13H22N2OS.ClH/c1-9(8-10-6-5-7-17-10)15-12(16)11(14)13(2,3)4;/h5-7,9,11H,8,14H2,1-4H3,(H,15,16);1H/t9?,11-;/m1./s1. The molecule has 1 aromatic heterocycles. The summed E-state index contributed by atoms with van der Waals surface area (Å²) in [6.07, 6.45) is 0.861. The second-order valence-electron chi connectivity index (χ2n) is 5.54. The molecule has 18 heavy (non-hydrogen) atoms. The van der Waals surface area contributed by atoms with E-state index in [4.69, 9.17) is 5.73 Å². The molecule has 1 aromatic rings. The fourth-order valence-electron chi connectivity index (χ4n) is 1.51. The van der Waals surface area contributed by atoms with E-state index < -0.39 is 6.04 Å². The highest BCUT2D eigenvalue weighted by atomic mass is 35.5. The lowest BCUT2D eigenvalue weighted by Gasteiger charge is -2.27. The third-order valence-electron chi connectivity index (χ3n) is 2.69. The van der Waals surface area contributed by atoms with Crippen molar-refractivity contribution < 1.29 is 4.79 Å². The summed E-state index contributed by atoms with van der Waals surface area (Å²) in [6, 6.07) is 3.76. The maximum atomic E-state index is 11.9. The molecule has 104 valence electrons. The Labute approximate surface area is 120 Å². The summed E-state index contributed by atoms with van der Waals surface area (Å²) < 4.78 is 0. The highest BCUT2D eigenvalue weighted by molar-refractivity contribution is 7.09. The largest absolute Gasteiger partial charge is 0.352 e. The van der Waals surface area contributed by atoms with Crippen LogP contribution in [0.5, 0.6) is 0 Å². The van der Waals surface area contributed by atoms with Gasteiger partial charge in [0.15, 0.2) is 0 Å². The lowest BCUT2D eigenvalue weighted by molar-refractivity contribution is -0.125. The third kappa shape index (κ3) is 5.38. The zero-order valence-electron chi connectivity index (χ0n) is 11.4. The van der Waals surface area contributed by atoms with E-state index in [9.17, 15) is 4.79 Å². The first kappa shape index (κ1) is 17.4. The summed E-state index contributed by atoms with van der Waals surface area (Å²) in [7, 11) is 0. The van der Waals surface area contributed by atoms with E-state index in [1.165, 1.54) is 4.88 Å². The minimum Gasteiger partial charge on any atom is -0.352 e. The Morgan fingerprint density at radius 3 is 2.56 bits per heavy atom. The highest BCUT2D eigenvalue weighted by Crippen LogP contribution is 2.17. The van der Waals surface area contributed by atoms with Gasteiger partial charge in [-0.15, -0.1) is 23.7 Å². The number of halogens is 1. The molecule has 0 saturated heterocycles. The van der Waals surface area contributed by atoms with Gasteiger partial charge in [-0.05, 0) is 23.8 Å². The van der Waals surface area contributed by atoms with E-state index in [2.05, 4.69) is 11.4 Å². The molecule has 0 aliphatic carbocycles. The summed E-state index contributed by atoms with van der Waals surface area (Å²) in [5.41, 5.74) is 5.70. The van der Waals surface area contributed by atoms with Gasteiger partial charge in [-0.1, -0.05) is 26.8 Å². The SMILES string of the molecule is CC(Cc1cccs1)NC(=O)[C@@H](N)C(C)(C)C.Cl. The van der Waals surface area contributed by atoms with Crippen molar-refractivity contribution in [2.24, 2.45) is 11.1 Å². The molecular weight excluding hydrogens is 268 g/mol. The predicted octanol–water partition coefficient (Wildman–Crippen LogP) is 2.59. The molecule has 1 unspecified atom stereocenters. The number of nitrogens with one attached hydrogen (secondary N) is 1. The first-order valence-electron chi connectivity index (χ1n) is 5.89. The van der Waals surface area contributed by atoms with Gasteiger partial charge in [-0.3, -0.25) is 4.79 Å². The summed E-state index contributed by atoms with van der Waals surface area (Å²) >= 11 is 1.71. The van der Waals surface area contributed by atoms with Crippen molar-refractivity contribution >= 4 is 29.7 Å². The molecule has 3 N–H and O–H groups in total. The Morgan fingerprint density at radius 1 is 1.50 bits per heavy atom. The fraction of sp³-hybridized carbons (Fsp3) is 0.615. The van der Waals surface area contributed by atoms with E-state index in [-0.39, 0.29) is 29.8 Å². The Balaban J connectivity index is 0.00000289. The van der Waals surface area contributed by atoms with Crippen molar-refractivity contribution in [3.05, 3.63) is 22.4 Å². The van der Waals surface area contributed by atoms with Gasteiger partial charge in [0, 0.05) is 17.3 Å². The minimum absolute atomic E-state index is 0. The second-order valence-corrected chi connectivity index (χ2v) is 6.57. The zero-order chi connectivity index (χ0) is 13.1. The van der Waals surface area contributed by atoms with Gasteiger partial charge in [0.2, 0.25) is 5.91 Å². The molecule has 0 bridgehead atoms. The average molecular weight is 291 g/mol.